The third kappa shape index (κ3) is 3.31. The maximum Gasteiger partial charge on any atom is 0.329 e. The van der Waals surface area contributed by atoms with E-state index in [1.54, 1.807) is 13.8 Å². The van der Waals surface area contributed by atoms with Crippen molar-refractivity contribution in [3.8, 4) is 0 Å². The zero-order chi connectivity index (χ0) is 16.3. The number of aliphatic carboxylic acids is 1. The molecule has 0 radical (unpaired) electrons. The summed E-state index contributed by atoms with van der Waals surface area (Å²) in [6.07, 6.45) is 3.83. The van der Waals surface area contributed by atoms with E-state index >= 15 is 0 Å². The number of carboxylic acid groups (broad SMARTS) is 1. The molecule has 0 aromatic carbocycles. The minimum atomic E-state index is -1.12. The Hall–Kier alpha value is -1.85. The van der Waals surface area contributed by atoms with E-state index in [-0.39, 0.29) is 12.3 Å². The smallest absolute Gasteiger partial charge is 0.329 e. The lowest BCUT2D eigenvalue weighted by Crippen LogP contribution is -2.56. The SMILES string of the molecule is CCC1CCC(NC(=O)Cc2c(C)noc2C)(C(=O)O)CC1. The van der Waals surface area contributed by atoms with Crippen LogP contribution in [0.4, 0.5) is 0 Å². The van der Waals surface area contributed by atoms with Crippen LogP contribution in [0, 0.1) is 19.8 Å². The molecular weight excluding hydrogens is 284 g/mol. The zero-order valence-electron chi connectivity index (χ0n) is 13.4. The van der Waals surface area contributed by atoms with Crippen LogP contribution in [-0.2, 0) is 16.0 Å². The summed E-state index contributed by atoms with van der Waals surface area (Å²) in [6, 6.07) is 0. The first-order valence-corrected chi connectivity index (χ1v) is 7.84. The third-order valence-corrected chi connectivity index (χ3v) is 4.84. The van der Waals surface area contributed by atoms with Crippen molar-refractivity contribution in [1.29, 1.82) is 0 Å². The first-order valence-electron chi connectivity index (χ1n) is 7.84. The second-order valence-corrected chi connectivity index (χ2v) is 6.27. The Morgan fingerprint density at radius 1 is 1.36 bits per heavy atom. The molecule has 1 aromatic rings. The average molecular weight is 308 g/mol. The molecule has 1 aliphatic rings. The molecule has 0 bridgehead atoms. The van der Waals surface area contributed by atoms with Crippen LogP contribution in [-0.4, -0.2) is 27.7 Å². The molecule has 1 heterocycles. The molecule has 0 spiro atoms. The van der Waals surface area contributed by atoms with Crippen molar-refractivity contribution in [2.24, 2.45) is 5.92 Å². The highest BCUT2D eigenvalue weighted by Gasteiger charge is 2.42. The van der Waals surface area contributed by atoms with Gasteiger partial charge in [-0.1, -0.05) is 18.5 Å². The molecule has 0 aliphatic heterocycles. The van der Waals surface area contributed by atoms with E-state index in [4.69, 9.17) is 4.52 Å². The van der Waals surface area contributed by atoms with Crippen molar-refractivity contribution in [2.45, 2.75) is 64.8 Å². The lowest BCUT2D eigenvalue weighted by Gasteiger charge is -2.37. The minimum absolute atomic E-state index is 0.105. The normalized spacial score (nSPS) is 25.0. The van der Waals surface area contributed by atoms with Gasteiger partial charge in [0.15, 0.2) is 0 Å². The number of rotatable bonds is 5. The number of carbonyl (C=O) groups excluding carboxylic acids is 1. The molecule has 0 unspecified atom stereocenters. The van der Waals surface area contributed by atoms with Gasteiger partial charge in [0, 0.05) is 5.56 Å². The number of amides is 1. The summed E-state index contributed by atoms with van der Waals surface area (Å²) < 4.78 is 5.04. The summed E-state index contributed by atoms with van der Waals surface area (Å²) in [6.45, 7) is 5.65. The summed E-state index contributed by atoms with van der Waals surface area (Å²) >= 11 is 0. The van der Waals surface area contributed by atoms with Crippen molar-refractivity contribution in [1.82, 2.24) is 10.5 Å². The van der Waals surface area contributed by atoms with Gasteiger partial charge in [0.05, 0.1) is 12.1 Å². The van der Waals surface area contributed by atoms with Gasteiger partial charge in [-0.25, -0.2) is 4.79 Å². The molecule has 1 amide bonds. The fourth-order valence-corrected chi connectivity index (χ4v) is 3.20. The Morgan fingerprint density at radius 2 is 2.00 bits per heavy atom. The highest BCUT2D eigenvalue weighted by atomic mass is 16.5. The first-order chi connectivity index (χ1) is 10.4. The molecule has 2 rings (SSSR count). The molecule has 1 fully saturated rings. The Bertz CT molecular complexity index is 537. The number of hydrogen-bond acceptors (Lipinski definition) is 4. The van der Waals surface area contributed by atoms with E-state index in [1.165, 1.54) is 0 Å². The van der Waals surface area contributed by atoms with Crippen molar-refractivity contribution < 1.29 is 19.2 Å². The molecule has 2 N–H and O–H groups in total. The van der Waals surface area contributed by atoms with E-state index < -0.39 is 11.5 Å². The van der Waals surface area contributed by atoms with E-state index in [9.17, 15) is 14.7 Å². The molecule has 6 nitrogen and oxygen atoms in total. The predicted molar refractivity (Wildman–Crippen MR) is 80.4 cm³/mol. The number of aryl methyl sites for hydroxylation is 2. The van der Waals surface area contributed by atoms with Crippen LogP contribution in [0.3, 0.4) is 0 Å². The van der Waals surface area contributed by atoms with Gasteiger partial charge in [0.1, 0.15) is 11.3 Å². The van der Waals surface area contributed by atoms with Gasteiger partial charge in [-0.3, -0.25) is 4.79 Å². The fourth-order valence-electron chi connectivity index (χ4n) is 3.20. The van der Waals surface area contributed by atoms with Crippen LogP contribution in [0.5, 0.6) is 0 Å². The van der Waals surface area contributed by atoms with E-state index in [2.05, 4.69) is 17.4 Å². The zero-order valence-corrected chi connectivity index (χ0v) is 13.4. The quantitative estimate of drug-likeness (QED) is 0.871. The Labute approximate surface area is 130 Å². The summed E-state index contributed by atoms with van der Waals surface area (Å²) in [5.74, 6) is -0.0560. The van der Waals surface area contributed by atoms with Crippen LogP contribution < -0.4 is 5.32 Å². The minimum Gasteiger partial charge on any atom is -0.480 e. The highest BCUT2D eigenvalue weighted by Crippen LogP contribution is 2.34. The predicted octanol–water partition coefficient (Wildman–Crippen LogP) is 2.37. The standard InChI is InChI=1S/C16H24N2O4/c1-4-12-5-7-16(8-6-12,15(20)21)17-14(19)9-13-10(2)18-22-11(13)3/h12H,4-9H2,1-3H3,(H,17,19)(H,20,21). The van der Waals surface area contributed by atoms with Gasteiger partial charge < -0.3 is 14.9 Å². The largest absolute Gasteiger partial charge is 0.480 e. The van der Waals surface area contributed by atoms with Crippen LogP contribution in [0.15, 0.2) is 4.52 Å². The lowest BCUT2D eigenvalue weighted by molar-refractivity contribution is -0.149. The molecule has 0 atom stereocenters. The van der Waals surface area contributed by atoms with Gasteiger partial charge >= 0.3 is 5.97 Å². The number of carbonyl (C=O) groups is 2. The van der Waals surface area contributed by atoms with Crippen LogP contribution in [0.1, 0.15) is 56.0 Å². The van der Waals surface area contributed by atoms with E-state index in [0.717, 1.165) is 24.8 Å². The topological polar surface area (TPSA) is 92.4 Å². The first kappa shape index (κ1) is 16.5. The van der Waals surface area contributed by atoms with Gasteiger partial charge in [-0.05, 0) is 45.4 Å². The number of hydrogen-bond donors (Lipinski definition) is 2. The third-order valence-electron chi connectivity index (χ3n) is 4.84. The Balaban J connectivity index is 2.06. The average Bonchev–Trinajstić information content (AvgIpc) is 2.79. The highest BCUT2D eigenvalue weighted by molar-refractivity contribution is 5.88. The van der Waals surface area contributed by atoms with Gasteiger partial charge in [0.2, 0.25) is 5.91 Å². The molecule has 122 valence electrons. The van der Waals surface area contributed by atoms with Crippen LogP contribution in [0.2, 0.25) is 0 Å². The summed E-state index contributed by atoms with van der Waals surface area (Å²) in [7, 11) is 0. The maximum absolute atomic E-state index is 12.3. The Kier molecular flexibility index (Phi) is 4.88. The van der Waals surface area contributed by atoms with Crippen molar-refractivity contribution in [3.05, 3.63) is 17.0 Å². The summed E-state index contributed by atoms with van der Waals surface area (Å²) in [4.78, 5) is 24.0. The second-order valence-electron chi connectivity index (χ2n) is 6.27. The summed E-state index contributed by atoms with van der Waals surface area (Å²) in [5.41, 5.74) is 0.286. The number of nitrogens with zero attached hydrogens (tertiary/aromatic N) is 1. The molecule has 6 heteroatoms. The second kappa shape index (κ2) is 6.50. The molecule has 0 saturated heterocycles. The van der Waals surface area contributed by atoms with Crippen LogP contribution in [0.25, 0.3) is 0 Å². The molecule has 1 saturated carbocycles. The lowest BCUT2D eigenvalue weighted by atomic mass is 9.75. The van der Waals surface area contributed by atoms with Crippen molar-refractivity contribution >= 4 is 11.9 Å². The number of nitrogens with one attached hydrogen (secondary N) is 1. The van der Waals surface area contributed by atoms with Crippen molar-refractivity contribution in [2.75, 3.05) is 0 Å². The van der Waals surface area contributed by atoms with Gasteiger partial charge in [0.25, 0.3) is 0 Å². The van der Waals surface area contributed by atoms with Crippen LogP contribution >= 0.6 is 0 Å². The maximum atomic E-state index is 12.3. The Morgan fingerprint density at radius 3 is 2.45 bits per heavy atom. The van der Waals surface area contributed by atoms with E-state index in [0.29, 0.717) is 30.2 Å². The van der Waals surface area contributed by atoms with E-state index in [1.807, 2.05) is 0 Å². The van der Waals surface area contributed by atoms with Gasteiger partial charge in [-0.2, -0.15) is 0 Å². The number of carboxylic acids is 1. The van der Waals surface area contributed by atoms with Gasteiger partial charge in [-0.15, -0.1) is 0 Å². The monoisotopic (exact) mass is 308 g/mol. The molecular formula is C16H24N2O4. The molecule has 1 aliphatic carbocycles. The van der Waals surface area contributed by atoms with Crippen molar-refractivity contribution in [3.63, 3.8) is 0 Å². The molecule has 1 aromatic heterocycles. The molecule has 22 heavy (non-hydrogen) atoms. The number of aromatic nitrogens is 1. The fraction of sp³-hybridized carbons (Fsp3) is 0.688. The summed E-state index contributed by atoms with van der Waals surface area (Å²) in [5, 5.41) is 16.2.